The molecule has 0 aliphatic carbocycles. The van der Waals surface area contributed by atoms with E-state index in [4.69, 9.17) is 4.74 Å². The van der Waals surface area contributed by atoms with E-state index in [9.17, 15) is 0 Å². The summed E-state index contributed by atoms with van der Waals surface area (Å²) in [7, 11) is 0. The first-order valence-electron chi connectivity index (χ1n) is 8.66. The molecule has 27 heavy (non-hydrogen) atoms. The number of fused-ring (bicyclic) bond motifs is 1. The van der Waals surface area contributed by atoms with Gasteiger partial charge in [0.15, 0.2) is 0 Å². The number of pyridine rings is 1. The summed E-state index contributed by atoms with van der Waals surface area (Å²) >= 11 is 0. The molecular formula is C19H22N6OS. The van der Waals surface area contributed by atoms with Crippen LogP contribution in [0.4, 0.5) is 5.82 Å². The molecule has 1 aliphatic heterocycles. The van der Waals surface area contributed by atoms with Gasteiger partial charge in [0.25, 0.3) is 0 Å². The summed E-state index contributed by atoms with van der Waals surface area (Å²) in [6, 6.07) is 3.94. The number of nitrogens with zero attached hydrogens (tertiary/aromatic N) is 5. The van der Waals surface area contributed by atoms with Crippen molar-refractivity contribution in [3.8, 4) is 17.0 Å². The van der Waals surface area contributed by atoms with E-state index in [-0.39, 0.29) is 19.4 Å². The average molecular weight is 382 g/mol. The Hall–Kier alpha value is -2.74. The van der Waals surface area contributed by atoms with Gasteiger partial charge in [0.2, 0.25) is 0 Å². The van der Waals surface area contributed by atoms with Gasteiger partial charge in [-0.1, -0.05) is 6.92 Å². The molecule has 0 saturated carbocycles. The molecule has 0 radical (unpaired) electrons. The Morgan fingerprint density at radius 2 is 1.96 bits per heavy atom. The fourth-order valence-electron chi connectivity index (χ4n) is 3.00. The van der Waals surface area contributed by atoms with Crippen molar-refractivity contribution in [3.05, 3.63) is 54.1 Å². The van der Waals surface area contributed by atoms with Crippen LogP contribution in [0.25, 0.3) is 11.3 Å². The highest BCUT2D eigenvalue weighted by atomic mass is 32.1. The van der Waals surface area contributed by atoms with Gasteiger partial charge in [0.1, 0.15) is 23.7 Å². The van der Waals surface area contributed by atoms with Crippen LogP contribution in [-0.2, 0) is 6.42 Å². The zero-order valence-electron chi connectivity index (χ0n) is 15.3. The lowest BCUT2D eigenvalue weighted by Gasteiger charge is -2.16. The summed E-state index contributed by atoms with van der Waals surface area (Å²) < 4.78 is 5.76. The molecule has 1 aliphatic rings. The highest BCUT2D eigenvalue weighted by Crippen LogP contribution is 2.32. The predicted octanol–water partition coefficient (Wildman–Crippen LogP) is 2.90. The maximum absolute atomic E-state index is 5.76. The largest absolute Gasteiger partial charge is 0.491 e. The Morgan fingerprint density at radius 1 is 1.15 bits per heavy atom. The van der Waals surface area contributed by atoms with Crippen LogP contribution in [0.3, 0.4) is 0 Å². The maximum Gasteiger partial charge on any atom is 0.144 e. The first-order chi connectivity index (χ1) is 12.7. The highest BCUT2D eigenvalue weighted by Gasteiger charge is 2.20. The van der Waals surface area contributed by atoms with Gasteiger partial charge in [-0.25, -0.2) is 19.9 Å². The fourth-order valence-corrected chi connectivity index (χ4v) is 3.00. The maximum atomic E-state index is 5.76. The van der Waals surface area contributed by atoms with Gasteiger partial charge in [0.05, 0.1) is 18.0 Å². The molecular weight excluding hydrogens is 360 g/mol. The standard InChI is InChI=1S/C19H20N6O.H2S/c1-12(15-3-5-20-16-4-6-26-19(15)16)8-23-18-7-17(24-11-25-18)14-9-21-13(2)22-10-14;/h3,5,7,9-12H,4,6,8H2,1-2H3,(H,23,24,25);1H2/t12-;/m1./s1. The van der Waals surface area contributed by atoms with Crippen molar-refractivity contribution in [3.63, 3.8) is 0 Å². The molecule has 1 N–H and O–H groups in total. The third-order valence-corrected chi connectivity index (χ3v) is 4.46. The van der Waals surface area contributed by atoms with Crippen molar-refractivity contribution in [1.29, 1.82) is 0 Å². The van der Waals surface area contributed by atoms with Crippen LogP contribution in [0, 0.1) is 6.92 Å². The summed E-state index contributed by atoms with van der Waals surface area (Å²) in [5.41, 5.74) is 3.90. The van der Waals surface area contributed by atoms with E-state index < -0.39 is 0 Å². The van der Waals surface area contributed by atoms with E-state index in [0.29, 0.717) is 6.61 Å². The Labute approximate surface area is 165 Å². The first-order valence-corrected chi connectivity index (χ1v) is 8.66. The molecule has 3 aromatic heterocycles. The lowest BCUT2D eigenvalue weighted by Crippen LogP contribution is -2.12. The summed E-state index contributed by atoms with van der Waals surface area (Å²) in [5, 5.41) is 3.39. The quantitative estimate of drug-likeness (QED) is 0.726. The molecule has 1 atom stereocenters. The predicted molar refractivity (Wildman–Crippen MR) is 109 cm³/mol. The van der Waals surface area contributed by atoms with Crippen LogP contribution in [0.5, 0.6) is 5.75 Å². The molecule has 0 unspecified atom stereocenters. The number of hydrogen-bond acceptors (Lipinski definition) is 7. The minimum Gasteiger partial charge on any atom is -0.491 e. The third kappa shape index (κ3) is 4.16. The molecule has 0 aromatic carbocycles. The van der Waals surface area contributed by atoms with Gasteiger partial charge in [-0.05, 0) is 13.0 Å². The SMILES string of the molecule is Cc1ncc(-c2cc(NC[C@@H](C)c3ccnc4c3OCC4)ncn2)cn1.S. The van der Waals surface area contributed by atoms with Crippen LogP contribution in [0.15, 0.2) is 37.1 Å². The van der Waals surface area contributed by atoms with Crippen LogP contribution in [-0.4, -0.2) is 38.1 Å². The Bertz CT molecular complexity index is 918. The van der Waals surface area contributed by atoms with E-state index >= 15 is 0 Å². The number of rotatable bonds is 5. The van der Waals surface area contributed by atoms with E-state index in [0.717, 1.165) is 47.3 Å². The molecule has 8 heteroatoms. The Balaban J connectivity index is 0.00000210. The van der Waals surface area contributed by atoms with Crippen LogP contribution in [0.2, 0.25) is 0 Å². The molecule has 0 bridgehead atoms. The number of hydrogen-bond donors (Lipinski definition) is 1. The van der Waals surface area contributed by atoms with Crippen molar-refractivity contribution in [1.82, 2.24) is 24.9 Å². The third-order valence-electron chi connectivity index (χ3n) is 4.46. The summed E-state index contributed by atoms with van der Waals surface area (Å²) in [5.74, 6) is 2.73. The van der Waals surface area contributed by atoms with Gasteiger partial charge in [-0.2, -0.15) is 13.5 Å². The monoisotopic (exact) mass is 382 g/mol. The molecule has 7 nitrogen and oxygen atoms in total. The molecule has 4 rings (SSSR count). The zero-order chi connectivity index (χ0) is 17.9. The van der Waals surface area contributed by atoms with Gasteiger partial charge in [-0.15, -0.1) is 0 Å². The van der Waals surface area contributed by atoms with E-state index in [1.165, 1.54) is 5.56 Å². The smallest absolute Gasteiger partial charge is 0.144 e. The molecule has 140 valence electrons. The van der Waals surface area contributed by atoms with Crippen molar-refractivity contribution < 1.29 is 4.74 Å². The minimum atomic E-state index is 0. The summed E-state index contributed by atoms with van der Waals surface area (Å²) in [6.45, 7) is 5.48. The topological polar surface area (TPSA) is 85.7 Å². The van der Waals surface area contributed by atoms with Gasteiger partial charge < -0.3 is 10.1 Å². The van der Waals surface area contributed by atoms with E-state index in [1.54, 1.807) is 18.7 Å². The normalized spacial score (nSPS) is 13.3. The van der Waals surface area contributed by atoms with Crippen LogP contribution < -0.4 is 10.1 Å². The zero-order valence-corrected chi connectivity index (χ0v) is 16.3. The number of aryl methyl sites for hydroxylation is 1. The molecule has 3 aromatic rings. The highest BCUT2D eigenvalue weighted by molar-refractivity contribution is 7.59. The second kappa shape index (κ2) is 8.30. The second-order valence-electron chi connectivity index (χ2n) is 6.36. The van der Waals surface area contributed by atoms with Crippen molar-refractivity contribution in [2.45, 2.75) is 26.2 Å². The number of anilines is 1. The summed E-state index contributed by atoms with van der Waals surface area (Å²) in [4.78, 5) is 21.5. The number of aromatic nitrogens is 5. The van der Waals surface area contributed by atoms with Gasteiger partial charge in [0, 0.05) is 54.7 Å². The van der Waals surface area contributed by atoms with E-state index in [2.05, 4.69) is 37.2 Å². The van der Waals surface area contributed by atoms with Crippen molar-refractivity contribution in [2.75, 3.05) is 18.5 Å². The second-order valence-corrected chi connectivity index (χ2v) is 6.36. The number of ether oxygens (including phenoxy) is 1. The van der Waals surface area contributed by atoms with Crippen LogP contribution >= 0.6 is 13.5 Å². The molecule has 0 spiro atoms. The number of nitrogens with one attached hydrogen (secondary N) is 1. The van der Waals surface area contributed by atoms with Gasteiger partial charge >= 0.3 is 0 Å². The average Bonchev–Trinajstić information content (AvgIpc) is 3.16. The van der Waals surface area contributed by atoms with E-state index in [1.807, 2.05) is 25.3 Å². The molecule has 0 amide bonds. The molecule has 0 fully saturated rings. The minimum absolute atomic E-state index is 0. The molecule has 0 saturated heterocycles. The summed E-state index contributed by atoms with van der Waals surface area (Å²) in [6.07, 6.45) is 7.84. The Kier molecular flexibility index (Phi) is 5.85. The van der Waals surface area contributed by atoms with Crippen LogP contribution in [0.1, 0.15) is 29.9 Å². The molecule has 4 heterocycles. The van der Waals surface area contributed by atoms with Gasteiger partial charge in [-0.3, -0.25) is 4.98 Å². The lowest BCUT2D eigenvalue weighted by atomic mass is 10.00. The van der Waals surface area contributed by atoms with Crippen molar-refractivity contribution in [2.24, 2.45) is 0 Å². The fraction of sp³-hybridized carbons (Fsp3) is 0.316. The lowest BCUT2D eigenvalue weighted by molar-refractivity contribution is 0.352. The van der Waals surface area contributed by atoms with Crippen molar-refractivity contribution >= 4 is 19.3 Å². The first kappa shape index (κ1) is 19.0. The Morgan fingerprint density at radius 3 is 2.78 bits per heavy atom.